The number of nitrogens with one attached hydrogen (secondary N) is 1. The van der Waals surface area contributed by atoms with Crippen molar-refractivity contribution in [2.45, 2.75) is 19.6 Å². The van der Waals surface area contributed by atoms with E-state index >= 15 is 0 Å². The van der Waals surface area contributed by atoms with Crippen molar-refractivity contribution in [2.24, 2.45) is 0 Å². The molecule has 1 aromatic carbocycles. The predicted molar refractivity (Wildman–Crippen MR) is 80.4 cm³/mol. The molecule has 5 nitrogen and oxygen atoms in total. The quantitative estimate of drug-likeness (QED) is 0.851. The monoisotopic (exact) mass is 322 g/mol. The van der Waals surface area contributed by atoms with Crippen LogP contribution in [-0.2, 0) is 22.6 Å². The summed E-state index contributed by atoms with van der Waals surface area (Å²) in [4.78, 5) is 15.9. The van der Waals surface area contributed by atoms with Gasteiger partial charge in [-0.25, -0.2) is 0 Å². The highest BCUT2D eigenvalue weighted by Gasteiger charge is 2.10. The summed E-state index contributed by atoms with van der Waals surface area (Å²) in [5, 5.41) is 2.56. The zero-order valence-electron chi connectivity index (χ0n) is 12.5. The molecule has 0 fully saturated rings. The first kappa shape index (κ1) is 16.8. The number of hydrogen-bond donors (Lipinski definition) is 1. The van der Waals surface area contributed by atoms with Gasteiger partial charge in [0.25, 0.3) is 0 Å². The average Bonchev–Trinajstić information content (AvgIpc) is 2.49. The van der Waals surface area contributed by atoms with E-state index in [4.69, 9.17) is 4.74 Å². The number of anilines is 1. The van der Waals surface area contributed by atoms with E-state index in [1.54, 1.807) is 7.11 Å². The zero-order chi connectivity index (χ0) is 16.7. The Hall–Kier alpha value is -2.54. The fourth-order valence-electron chi connectivity index (χ4n) is 2.03. The Bertz CT molecular complexity index is 665. The lowest BCUT2D eigenvalue weighted by molar-refractivity contribution is -0.115. The van der Waals surface area contributed by atoms with Crippen LogP contribution in [-0.4, -0.2) is 24.6 Å². The van der Waals surface area contributed by atoms with Gasteiger partial charge in [-0.15, -0.1) is 0 Å². The second kappa shape index (κ2) is 8.19. The second-order valence-corrected chi connectivity index (χ2v) is 4.67. The summed E-state index contributed by atoms with van der Waals surface area (Å²) in [5.41, 5.74) is 1.74. The number of halogens is 2. The molecule has 1 aromatic heterocycles. The van der Waals surface area contributed by atoms with Crippen molar-refractivity contribution in [1.82, 2.24) is 4.98 Å². The second-order valence-electron chi connectivity index (χ2n) is 4.67. The van der Waals surface area contributed by atoms with Gasteiger partial charge in [0, 0.05) is 13.2 Å². The maximum Gasteiger partial charge on any atom is 0.388 e. The van der Waals surface area contributed by atoms with Gasteiger partial charge in [0.15, 0.2) is 0 Å². The van der Waals surface area contributed by atoms with Gasteiger partial charge in [0.05, 0.1) is 13.0 Å². The van der Waals surface area contributed by atoms with Gasteiger partial charge in [-0.1, -0.05) is 30.3 Å². The zero-order valence-corrected chi connectivity index (χ0v) is 12.5. The fourth-order valence-corrected chi connectivity index (χ4v) is 2.03. The van der Waals surface area contributed by atoms with Crippen LogP contribution in [0.25, 0.3) is 0 Å². The molecule has 2 aromatic rings. The Labute approximate surface area is 132 Å². The van der Waals surface area contributed by atoms with Gasteiger partial charge in [-0.2, -0.15) is 13.8 Å². The first-order valence-electron chi connectivity index (χ1n) is 6.86. The lowest BCUT2D eigenvalue weighted by Gasteiger charge is -2.10. The molecule has 122 valence electrons. The van der Waals surface area contributed by atoms with E-state index < -0.39 is 6.61 Å². The maximum absolute atomic E-state index is 12.2. The number of carbonyl (C=O) groups excluding carboxylic acids is 1. The minimum Gasteiger partial charge on any atom is -0.417 e. The number of methoxy groups -OCH3 is 1. The molecule has 0 radical (unpaired) electrons. The number of nitrogens with zero attached hydrogens (tertiary/aromatic N) is 1. The Morgan fingerprint density at radius 3 is 2.61 bits per heavy atom. The van der Waals surface area contributed by atoms with Gasteiger partial charge >= 0.3 is 6.61 Å². The van der Waals surface area contributed by atoms with Crippen molar-refractivity contribution >= 4 is 11.7 Å². The number of pyridine rings is 1. The van der Waals surface area contributed by atoms with Gasteiger partial charge in [0.1, 0.15) is 5.82 Å². The molecule has 0 aliphatic heterocycles. The fraction of sp³-hybridized carbons (Fsp3) is 0.250. The third-order valence-corrected chi connectivity index (χ3v) is 2.97. The van der Waals surface area contributed by atoms with Crippen LogP contribution in [0.1, 0.15) is 11.1 Å². The lowest BCUT2D eigenvalue weighted by Crippen LogP contribution is -2.16. The molecule has 23 heavy (non-hydrogen) atoms. The Kier molecular flexibility index (Phi) is 5.99. The predicted octanol–water partition coefficient (Wildman–Crippen LogP) is 3.01. The third-order valence-electron chi connectivity index (χ3n) is 2.97. The molecule has 0 atom stereocenters. The number of benzene rings is 1. The molecular weight excluding hydrogens is 306 g/mol. The van der Waals surface area contributed by atoms with Crippen molar-refractivity contribution < 1.29 is 23.0 Å². The largest absolute Gasteiger partial charge is 0.417 e. The van der Waals surface area contributed by atoms with Gasteiger partial charge in [-0.3, -0.25) is 4.79 Å². The molecular formula is C16H16F2N2O3. The molecule has 1 heterocycles. The van der Waals surface area contributed by atoms with Crippen molar-refractivity contribution in [1.29, 1.82) is 0 Å². The van der Waals surface area contributed by atoms with E-state index in [0.29, 0.717) is 6.61 Å². The van der Waals surface area contributed by atoms with E-state index in [9.17, 15) is 13.6 Å². The highest BCUT2D eigenvalue weighted by molar-refractivity contribution is 5.91. The topological polar surface area (TPSA) is 60.5 Å². The molecule has 2 rings (SSSR count). The van der Waals surface area contributed by atoms with Crippen molar-refractivity contribution in [3.05, 3.63) is 53.6 Å². The first-order chi connectivity index (χ1) is 11.1. The van der Waals surface area contributed by atoms with Gasteiger partial charge in [-0.05, 0) is 17.2 Å². The lowest BCUT2D eigenvalue weighted by atomic mass is 10.0. The van der Waals surface area contributed by atoms with Crippen LogP contribution in [0, 0.1) is 0 Å². The molecule has 0 bridgehead atoms. The molecule has 1 N–H and O–H groups in total. The molecule has 0 saturated carbocycles. The van der Waals surface area contributed by atoms with E-state index in [1.807, 2.05) is 24.3 Å². The number of ether oxygens (including phenoxy) is 2. The molecule has 7 heteroatoms. The van der Waals surface area contributed by atoms with Crippen LogP contribution in [0.2, 0.25) is 0 Å². The van der Waals surface area contributed by atoms with Crippen molar-refractivity contribution in [3.63, 3.8) is 0 Å². The molecule has 1 amide bonds. The summed E-state index contributed by atoms with van der Waals surface area (Å²) in [5.74, 6) is -0.412. The first-order valence-corrected chi connectivity index (χ1v) is 6.86. The van der Waals surface area contributed by atoms with Crippen molar-refractivity contribution in [3.8, 4) is 5.88 Å². The van der Waals surface area contributed by atoms with Crippen molar-refractivity contribution in [2.75, 3.05) is 12.4 Å². The summed E-state index contributed by atoms with van der Waals surface area (Å²) < 4.78 is 33.6. The van der Waals surface area contributed by atoms with E-state index in [-0.39, 0.29) is 24.0 Å². The summed E-state index contributed by atoms with van der Waals surface area (Å²) in [6.07, 6.45) is 0.126. The van der Waals surface area contributed by atoms with Crippen LogP contribution in [0.4, 0.5) is 14.6 Å². The number of carbonyl (C=O) groups is 1. The smallest absolute Gasteiger partial charge is 0.388 e. The molecule has 0 saturated heterocycles. The standard InChI is InChI=1S/C16H16F2N2O3/c1-22-10-12-6-3-2-5-11(12)9-14(21)19-13-7-4-8-15(20-13)23-16(17)18/h2-8,16H,9-10H2,1H3,(H,19,20,21). The summed E-state index contributed by atoms with van der Waals surface area (Å²) in [6, 6.07) is 11.7. The normalized spacial score (nSPS) is 10.6. The number of amides is 1. The Balaban J connectivity index is 2.02. The van der Waals surface area contributed by atoms with Gasteiger partial charge < -0.3 is 14.8 Å². The van der Waals surface area contributed by atoms with E-state index in [0.717, 1.165) is 11.1 Å². The van der Waals surface area contributed by atoms with Crippen LogP contribution >= 0.6 is 0 Å². The number of rotatable bonds is 7. The Morgan fingerprint density at radius 1 is 1.17 bits per heavy atom. The highest BCUT2D eigenvalue weighted by atomic mass is 19.3. The summed E-state index contributed by atoms with van der Waals surface area (Å²) >= 11 is 0. The van der Waals surface area contributed by atoms with E-state index in [2.05, 4.69) is 15.0 Å². The van der Waals surface area contributed by atoms with Crippen LogP contribution in [0.3, 0.4) is 0 Å². The minimum atomic E-state index is -2.96. The van der Waals surface area contributed by atoms with Crippen LogP contribution in [0.5, 0.6) is 5.88 Å². The maximum atomic E-state index is 12.2. The number of aromatic nitrogens is 1. The molecule has 0 unspecified atom stereocenters. The average molecular weight is 322 g/mol. The SMILES string of the molecule is COCc1ccccc1CC(=O)Nc1cccc(OC(F)F)n1. The summed E-state index contributed by atoms with van der Waals surface area (Å²) in [6.45, 7) is -2.56. The Morgan fingerprint density at radius 2 is 1.91 bits per heavy atom. The number of hydrogen-bond acceptors (Lipinski definition) is 4. The number of alkyl halides is 2. The van der Waals surface area contributed by atoms with E-state index in [1.165, 1.54) is 18.2 Å². The minimum absolute atomic E-state index is 0.126. The highest BCUT2D eigenvalue weighted by Crippen LogP contribution is 2.15. The van der Waals surface area contributed by atoms with Crippen LogP contribution in [0.15, 0.2) is 42.5 Å². The van der Waals surface area contributed by atoms with Crippen LogP contribution < -0.4 is 10.1 Å². The van der Waals surface area contributed by atoms with Gasteiger partial charge in [0.2, 0.25) is 11.8 Å². The summed E-state index contributed by atoms with van der Waals surface area (Å²) in [7, 11) is 1.58. The molecule has 0 spiro atoms. The molecule has 0 aliphatic rings. The molecule has 0 aliphatic carbocycles. The third kappa shape index (κ3) is 5.30.